The third kappa shape index (κ3) is 11.1. The molecule has 0 fully saturated rings. The highest BCUT2D eigenvalue weighted by Gasteiger charge is 1.81. The topological polar surface area (TPSA) is 24.9 Å². The fraction of sp³-hybridized carbons (Fsp3) is 0.545. The van der Waals surface area contributed by atoms with E-state index in [-0.39, 0.29) is 0 Å². The van der Waals surface area contributed by atoms with Crippen molar-refractivity contribution in [3.05, 3.63) is 30.1 Å². The molecule has 1 heterocycles. The molecule has 0 aliphatic heterocycles. The first-order chi connectivity index (χ1) is 6.35. The van der Waals surface area contributed by atoms with E-state index in [1.807, 2.05) is 40.2 Å². The van der Waals surface area contributed by atoms with Gasteiger partial charge >= 0.3 is 0 Å². The van der Waals surface area contributed by atoms with Crippen molar-refractivity contribution < 1.29 is 0 Å². The van der Waals surface area contributed by atoms with Crippen LogP contribution in [0.3, 0.4) is 0 Å². The Hall–Kier alpha value is -0.890. The molecule has 0 saturated heterocycles. The molecule has 0 saturated carbocycles. The standard InChI is InChI=1S/C7H9N.C2H7N.C2H6/c1-2-7-4-3-5-8-6-7;1-3-2;1-2/h3-6H,2H2,1H3;3H,1-2H3;1-2H3. The van der Waals surface area contributed by atoms with Gasteiger partial charge in [-0.05, 0) is 32.1 Å². The lowest BCUT2D eigenvalue weighted by Gasteiger charge is -1.88. The van der Waals surface area contributed by atoms with Crippen LogP contribution < -0.4 is 5.32 Å². The summed E-state index contributed by atoms with van der Waals surface area (Å²) in [5.74, 6) is 0. The third-order valence-corrected chi connectivity index (χ3v) is 1.13. The molecule has 0 aliphatic rings. The van der Waals surface area contributed by atoms with Crippen molar-refractivity contribution in [1.29, 1.82) is 0 Å². The molecule has 0 aromatic carbocycles. The van der Waals surface area contributed by atoms with Crippen LogP contribution in [0.25, 0.3) is 0 Å². The lowest BCUT2D eigenvalue weighted by atomic mass is 10.2. The van der Waals surface area contributed by atoms with Gasteiger partial charge in [0.15, 0.2) is 0 Å². The van der Waals surface area contributed by atoms with Crippen LogP contribution in [0.4, 0.5) is 0 Å². The number of aryl methyl sites for hydroxylation is 1. The summed E-state index contributed by atoms with van der Waals surface area (Å²) in [7, 11) is 3.75. The van der Waals surface area contributed by atoms with Crippen LogP contribution in [0.2, 0.25) is 0 Å². The molecule has 1 aromatic heterocycles. The summed E-state index contributed by atoms with van der Waals surface area (Å²) in [6.07, 6.45) is 4.76. The molecule has 0 spiro atoms. The predicted octanol–water partition coefficient (Wildman–Crippen LogP) is 2.51. The number of rotatable bonds is 1. The number of nitrogens with one attached hydrogen (secondary N) is 1. The molecular weight excluding hydrogens is 160 g/mol. The van der Waals surface area contributed by atoms with Gasteiger partial charge in [-0.1, -0.05) is 26.8 Å². The molecule has 1 N–H and O–H groups in total. The van der Waals surface area contributed by atoms with Crippen LogP contribution in [0, 0.1) is 0 Å². The van der Waals surface area contributed by atoms with Crippen LogP contribution in [-0.2, 0) is 6.42 Å². The molecule has 2 heteroatoms. The van der Waals surface area contributed by atoms with Crippen molar-refractivity contribution in [1.82, 2.24) is 10.3 Å². The van der Waals surface area contributed by atoms with Crippen LogP contribution in [0.5, 0.6) is 0 Å². The summed E-state index contributed by atoms with van der Waals surface area (Å²) in [5, 5.41) is 2.75. The largest absolute Gasteiger partial charge is 0.323 e. The van der Waals surface area contributed by atoms with E-state index in [2.05, 4.69) is 23.3 Å². The second kappa shape index (κ2) is 13.7. The number of nitrogens with zero attached hydrogens (tertiary/aromatic N) is 1. The first kappa shape index (κ1) is 14.6. The van der Waals surface area contributed by atoms with Crippen molar-refractivity contribution >= 4 is 0 Å². The second-order valence-corrected chi connectivity index (χ2v) is 2.21. The van der Waals surface area contributed by atoms with E-state index in [9.17, 15) is 0 Å². The summed E-state index contributed by atoms with van der Waals surface area (Å²) < 4.78 is 0. The second-order valence-electron chi connectivity index (χ2n) is 2.21. The van der Waals surface area contributed by atoms with Gasteiger partial charge in [0, 0.05) is 12.4 Å². The highest BCUT2D eigenvalue weighted by Crippen LogP contribution is 1.93. The van der Waals surface area contributed by atoms with Crippen molar-refractivity contribution in [3.63, 3.8) is 0 Å². The van der Waals surface area contributed by atoms with Gasteiger partial charge in [0.25, 0.3) is 0 Å². The average molecular weight is 182 g/mol. The molecule has 1 rings (SSSR count). The first-order valence-electron chi connectivity index (χ1n) is 4.82. The molecule has 0 aliphatic carbocycles. The Morgan fingerprint density at radius 1 is 1.31 bits per heavy atom. The molecule has 2 nitrogen and oxygen atoms in total. The van der Waals surface area contributed by atoms with Crippen LogP contribution in [0.1, 0.15) is 26.3 Å². The Kier molecular flexibility index (Phi) is 15.4. The molecule has 0 radical (unpaired) electrons. The molecule has 1 aromatic rings. The zero-order valence-electron chi connectivity index (χ0n) is 9.46. The zero-order valence-corrected chi connectivity index (χ0v) is 9.46. The van der Waals surface area contributed by atoms with E-state index < -0.39 is 0 Å². The summed E-state index contributed by atoms with van der Waals surface area (Å²) in [4.78, 5) is 3.96. The van der Waals surface area contributed by atoms with E-state index >= 15 is 0 Å². The molecule has 0 unspecified atom stereocenters. The van der Waals surface area contributed by atoms with E-state index in [1.54, 1.807) is 6.20 Å². The Bertz CT molecular complexity index is 161. The average Bonchev–Trinajstić information content (AvgIpc) is 2.23. The van der Waals surface area contributed by atoms with Gasteiger partial charge in [0.1, 0.15) is 0 Å². The Labute approximate surface area is 82.4 Å². The van der Waals surface area contributed by atoms with Crippen molar-refractivity contribution in [2.24, 2.45) is 0 Å². The summed E-state index contributed by atoms with van der Waals surface area (Å²) in [6, 6.07) is 4.03. The van der Waals surface area contributed by atoms with Crippen LogP contribution in [-0.4, -0.2) is 19.1 Å². The highest BCUT2D eigenvalue weighted by atomic mass is 14.7. The van der Waals surface area contributed by atoms with Gasteiger partial charge < -0.3 is 5.32 Å². The van der Waals surface area contributed by atoms with E-state index in [0.29, 0.717) is 0 Å². The lowest BCUT2D eigenvalue weighted by molar-refractivity contribution is 1.02. The maximum absolute atomic E-state index is 3.96. The number of aromatic nitrogens is 1. The molecular formula is C11H22N2. The summed E-state index contributed by atoms with van der Waals surface area (Å²) >= 11 is 0. The van der Waals surface area contributed by atoms with Gasteiger partial charge in [-0.15, -0.1) is 0 Å². The Balaban J connectivity index is 0. The fourth-order valence-corrected chi connectivity index (χ4v) is 0.607. The van der Waals surface area contributed by atoms with Gasteiger partial charge in [0.2, 0.25) is 0 Å². The van der Waals surface area contributed by atoms with Gasteiger partial charge in [-0.3, -0.25) is 4.98 Å². The normalized spacial score (nSPS) is 7.46. The highest BCUT2D eigenvalue weighted by molar-refractivity contribution is 5.07. The van der Waals surface area contributed by atoms with Crippen LogP contribution in [0.15, 0.2) is 24.5 Å². The van der Waals surface area contributed by atoms with E-state index in [1.165, 1.54) is 5.56 Å². The number of pyridine rings is 1. The van der Waals surface area contributed by atoms with Gasteiger partial charge in [-0.25, -0.2) is 0 Å². The third-order valence-electron chi connectivity index (χ3n) is 1.13. The lowest BCUT2D eigenvalue weighted by Crippen LogP contribution is -1.89. The fourth-order valence-electron chi connectivity index (χ4n) is 0.607. The molecule has 76 valence electrons. The molecule has 0 bridgehead atoms. The predicted molar refractivity (Wildman–Crippen MR) is 59.9 cm³/mol. The number of hydrogen-bond donors (Lipinski definition) is 1. The molecule has 0 amide bonds. The van der Waals surface area contributed by atoms with Crippen molar-refractivity contribution in [2.75, 3.05) is 14.1 Å². The SMILES string of the molecule is CC.CCc1cccnc1.CNC. The van der Waals surface area contributed by atoms with Crippen LogP contribution >= 0.6 is 0 Å². The molecule has 0 atom stereocenters. The summed E-state index contributed by atoms with van der Waals surface area (Å²) in [6.45, 7) is 6.12. The van der Waals surface area contributed by atoms with E-state index in [0.717, 1.165) is 6.42 Å². The van der Waals surface area contributed by atoms with Gasteiger partial charge in [-0.2, -0.15) is 0 Å². The van der Waals surface area contributed by atoms with E-state index in [4.69, 9.17) is 0 Å². The minimum atomic E-state index is 1.08. The minimum Gasteiger partial charge on any atom is -0.323 e. The van der Waals surface area contributed by atoms with Gasteiger partial charge in [0.05, 0.1) is 0 Å². The minimum absolute atomic E-state index is 1.08. The monoisotopic (exact) mass is 182 g/mol. The smallest absolute Gasteiger partial charge is 0.0299 e. The zero-order chi connectivity index (χ0) is 10.5. The number of hydrogen-bond acceptors (Lipinski definition) is 2. The summed E-state index contributed by atoms with van der Waals surface area (Å²) in [5.41, 5.74) is 1.30. The van der Waals surface area contributed by atoms with Crippen molar-refractivity contribution in [2.45, 2.75) is 27.2 Å². The van der Waals surface area contributed by atoms with Crippen molar-refractivity contribution in [3.8, 4) is 0 Å². The quantitative estimate of drug-likeness (QED) is 0.722. The Morgan fingerprint density at radius 3 is 2.08 bits per heavy atom. The maximum atomic E-state index is 3.96. The maximum Gasteiger partial charge on any atom is 0.0299 e. The Morgan fingerprint density at radius 2 is 1.85 bits per heavy atom. The first-order valence-corrected chi connectivity index (χ1v) is 4.82. The molecule has 13 heavy (non-hydrogen) atoms.